The molecule has 0 saturated carbocycles. The quantitative estimate of drug-likeness (QED) is 0.832. The zero-order valence-corrected chi connectivity index (χ0v) is 10.6. The minimum Gasteiger partial charge on any atom is -0.398 e. The molecular weight excluding hydrogens is 243 g/mol. The lowest BCUT2D eigenvalue weighted by molar-refractivity contribution is -0.115. The first-order valence-electron chi connectivity index (χ1n) is 5.95. The van der Waals surface area contributed by atoms with E-state index < -0.39 is 0 Å². The molecule has 3 N–H and O–H groups in total. The number of hydrogen-bond acceptors (Lipinski definition) is 2. The fourth-order valence-corrected chi connectivity index (χ4v) is 1.82. The second-order valence-corrected chi connectivity index (χ2v) is 4.37. The Labute approximate surface area is 111 Å². The first-order valence-corrected chi connectivity index (χ1v) is 5.95. The summed E-state index contributed by atoms with van der Waals surface area (Å²) in [6.07, 6.45) is 0.131. The van der Waals surface area contributed by atoms with Gasteiger partial charge in [-0.05, 0) is 42.3 Å². The molecule has 0 atom stereocenters. The fourth-order valence-electron chi connectivity index (χ4n) is 1.82. The van der Waals surface area contributed by atoms with Crippen LogP contribution in [-0.2, 0) is 11.2 Å². The number of hydrogen-bond donors (Lipinski definition) is 2. The molecule has 0 aliphatic rings. The van der Waals surface area contributed by atoms with Gasteiger partial charge >= 0.3 is 0 Å². The lowest BCUT2D eigenvalue weighted by Crippen LogP contribution is -2.15. The number of anilines is 2. The predicted molar refractivity (Wildman–Crippen MR) is 74.3 cm³/mol. The zero-order chi connectivity index (χ0) is 13.8. The maximum atomic E-state index is 13.0. The monoisotopic (exact) mass is 258 g/mol. The van der Waals surface area contributed by atoms with E-state index in [4.69, 9.17) is 5.73 Å². The molecule has 0 radical (unpaired) electrons. The SMILES string of the molecule is Cc1c(N)cccc1NC(=O)Cc1cccc(F)c1. The van der Waals surface area contributed by atoms with Crippen molar-refractivity contribution in [3.63, 3.8) is 0 Å². The van der Waals surface area contributed by atoms with E-state index in [-0.39, 0.29) is 18.1 Å². The van der Waals surface area contributed by atoms with Gasteiger partial charge in [-0.3, -0.25) is 4.79 Å². The van der Waals surface area contributed by atoms with Gasteiger partial charge in [0.2, 0.25) is 5.91 Å². The second-order valence-electron chi connectivity index (χ2n) is 4.37. The van der Waals surface area contributed by atoms with Crippen molar-refractivity contribution in [3.05, 3.63) is 59.4 Å². The Kier molecular flexibility index (Phi) is 3.80. The van der Waals surface area contributed by atoms with Gasteiger partial charge in [0.1, 0.15) is 5.82 Å². The summed E-state index contributed by atoms with van der Waals surface area (Å²) in [7, 11) is 0. The van der Waals surface area contributed by atoms with Crippen molar-refractivity contribution in [2.24, 2.45) is 0 Å². The molecule has 0 spiro atoms. The number of rotatable bonds is 3. The van der Waals surface area contributed by atoms with Crippen molar-refractivity contribution < 1.29 is 9.18 Å². The highest BCUT2D eigenvalue weighted by molar-refractivity contribution is 5.93. The topological polar surface area (TPSA) is 55.1 Å². The summed E-state index contributed by atoms with van der Waals surface area (Å²) < 4.78 is 13.0. The number of nitrogens with two attached hydrogens (primary N) is 1. The van der Waals surface area contributed by atoms with Crippen LogP contribution in [0.25, 0.3) is 0 Å². The van der Waals surface area contributed by atoms with Crippen LogP contribution < -0.4 is 11.1 Å². The normalized spacial score (nSPS) is 10.2. The van der Waals surface area contributed by atoms with Crippen LogP contribution in [0.4, 0.5) is 15.8 Å². The Morgan fingerprint density at radius 3 is 2.74 bits per heavy atom. The smallest absolute Gasteiger partial charge is 0.228 e. The molecule has 2 aromatic rings. The lowest BCUT2D eigenvalue weighted by Gasteiger charge is -2.10. The fraction of sp³-hybridized carbons (Fsp3) is 0.133. The molecule has 2 aromatic carbocycles. The molecule has 19 heavy (non-hydrogen) atoms. The summed E-state index contributed by atoms with van der Waals surface area (Å²) in [5, 5.41) is 2.78. The standard InChI is InChI=1S/C15H15FN2O/c1-10-13(17)6-3-7-14(10)18-15(19)9-11-4-2-5-12(16)8-11/h2-8H,9,17H2,1H3,(H,18,19). The van der Waals surface area contributed by atoms with Crippen LogP contribution in [0.5, 0.6) is 0 Å². The minimum absolute atomic E-state index is 0.131. The first kappa shape index (κ1) is 13.1. The predicted octanol–water partition coefficient (Wildman–Crippen LogP) is 2.90. The van der Waals surface area contributed by atoms with Gasteiger partial charge in [-0.2, -0.15) is 0 Å². The maximum Gasteiger partial charge on any atom is 0.228 e. The molecular formula is C15H15FN2O. The van der Waals surface area contributed by atoms with E-state index in [0.29, 0.717) is 16.9 Å². The minimum atomic E-state index is -0.342. The largest absolute Gasteiger partial charge is 0.398 e. The molecule has 0 aliphatic heterocycles. The highest BCUT2D eigenvalue weighted by atomic mass is 19.1. The maximum absolute atomic E-state index is 13.0. The zero-order valence-electron chi connectivity index (χ0n) is 10.6. The van der Waals surface area contributed by atoms with Crippen molar-refractivity contribution in [1.29, 1.82) is 0 Å². The molecule has 4 heteroatoms. The van der Waals surface area contributed by atoms with Crippen LogP contribution in [0.2, 0.25) is 0 Å². The van der Waals surface area contributed by atoms with Crippen molar-refractivity contribution in [1.82, 2.24) is 0 Å². The van der Waals surface area contributed by atoms with Crippen LogP contribution in [-0.4, -0.2) is 5.91 Å². The third-order valence-corrected chi connectivity index (χ3v) is 2.90. The summed E-state index contributed by atoms with van der Waals surface area (Å²) in [6, 6.07) is 11.3. The summed E-state index contributed by atoms with van der Waals surface area (Å²) in [4.78, 5) is 11.9. The van der Waals surface area contributed by atoms with Gasteiger partial charge in [-0.25, -0.2) is 4.39 Å². The number of benzene rings is 2. The molecule has 98 valence electrons. The van der Waals surface area contributed by atoms with Gasteiger partial charge in [-0.1, -0.05) is 18.2 Å². The van der Waals surface area contributed by atoms with E-state index in [1.807, 2.05) is 6.92 Å². The number of nitrogens with one attached hydrogen (secondary N) is 1. The highest BCUT2D eigenvalue weighted by Gasteiger charge is 2.07. The van der Waals surface area contributed by atoms with Crippen molar-refractivity contribution >= 4 is 17.3 Å². The van der Waals surface area contributed by atoms with Crippen LogP contribution >= 0.6 is 0 Å². The van der Waals surface area contributed by atoms with E-state index in [1.54, 1.807) is 30.3 Å². The molecule has 3 nitrogen and oxygen atoms in total. The number of amides is 1. The molecule has 0 aromatic heterocycles. The number of halogens is 1. The molecule has 0 saturated heterocycles. The third kappa shape index (κ3) is 3.31. The summed E-state index contributed by atoms with van der Waals surface area (Å²) >= 11 is 0. The van der Waals surface area contributed by atoms with Crippen LogP contribution in [0.15, 0.2) is 42.5 Å². The van der Waals surface area contributed by atoms with Gasteiger partial charge in [0.15, 0.2) is 0 Å². The van der Waals surface area contributed by atoms with Crippen LogP contribution in [0.1, 0.15) is 11.1 Å². The van der Waals surface area contributed by atoms with Crippen molar-refractivity contribution in [2.75, 3.05) is 11.1 Å². The molecule has 1 amide bonds. The van der Waals surface area contributed by atoms with E-state index in [1.165, 1.54) is 12.1 Å². The number of nitrogen functional groups attached to an aromatic ring is 1. The molecule has 0 bridgehead atoms. The van der Waals surface area contributed by atoms with Crippen molar-refractivity contribution in [3.8, 4) is 0 Å². The summed E-state index contributed by atoms with van der Waals surface area (Å²) in [5.74, 6) is -0.537. The lowest BCUT2D eigenvalue weighted by atomic mass is 10.1. The van der Waals surface area contributed by atoms with Crippen LogP contribution in [0, 0.1) is 12.7 Å². The van der Waals surface area contributed by atoms with Gasteiger partial charge in [0.25, 0.3) is 0 Å². The average Bonchev–Trinajstić information content (AvgIpc) is 2.35. The molecule has 0 aliphatic carbocycles. The van der Waals surface area contributed by atoms with Gasteiger partial charge in [-0.15, -0.1) is 0 Å². The Bertz CT molecular complexity index is 611. The Balaban J connectivity index is 2.08. The summed E-state index contributed by atoms with van der Waals surface area (Å²) in [6.45, 7) is 1.84. The van der Waals surface area contributed by atoms with Gasteiger partial charge in [0, 0.05) is 11.4 Å². The highest BCUT2D eigenvalue weighted by Crippen LogP contribution is 2.20. The van der Waals surface area contributed by atoms with Crippen LogP contribution in [0.3, 0.4) is 0 Å². The molecule has 2 rings (SSSR count). The van der Waals surface area contributed by atoms with E-state index in [0.717, 1.165) is 5.56 Å². The summed E-state index contributed by atoms with van der Waals surface area (Å²) in [5.41, 5.74) is 8.54. The van der Waals surface area contributed by atoms with Crippen molar-refractivity contribution in [2.45, 2.75) is 13.3 Å². The Morgan fingerprint density at radius 2 is 2.00 bits per heavy atom. The first-order chi connectivity index (χ1) is 9.06. The molecule has 0 heterocycles. The number of carbonyl (C=O) groups excluding carboxylic acids is 1. The Morgan fingerprint density at radius 1 is 1.26 bits per heavy atom. The number of carbonyl (C=O) groups is 1. The average molecular weight is 258 g/mol. The van der Waals surface area contributed by atoms with E-state index >= 15 is 0 Å². The third-order valence-electron chi connectivity index (χ3n) is 2.90. The van der Waals surface area contributed by atoms with E-state index in [2.05, 4.69) is 5.32 Å². The second kappa shape index (κ2) is 5.52. The van der Waals surface area contributed by atoms with Gasteiger partial charge in [0.05, 0.1) is 6.42 Å². The van der Waals surface area contributed by atoms with E-state index in [9.17, 15) is 9.18 Å². The Hall–Kier alpha value is -2.36. The molecule has 0 fully saturated rings. The van der Waals surface area contributed by atoms with Gasteiger partial charge < -0.3 is 11.1 Å². The molecule has 0 unspecified atom stereocenters.